The molecule has 0 bridgehead atoms. The van der Waals surface area contributed by atoms with Crippen molar-refractivity contribution in [3.63, 3.8) is 0 Å². The standard InChI is InChI=1S/C28H29Cl2NO5/c1-4-34-28(33)25(31-27(32)18(2)3)21-12-9-15-24(35-16-19-10-5-7-13-22(19)29)26(21)36-17-20-11-6-8-14-23(20)30/h5-15,18,25H,4,16-17H2,1-3H3,(H,31,32). The van der Waals surface area contributed by atoms with Crippen LogP contribution >= 0.6 is 23.2 Å². The fourth-order valence-electron chi connectivity index (χ4n) is 3.36. The number of rotatable bonds is 11. The smallest absolute Gasteiger partial charge is 0.333 e. The zero-order valence-corrected chi connectivity index (χ0v) is 21.9. The van der Waals surface area contributed by atoms with Crippen LogP contribution in [0.25, 0.3) is 0 Å². The second-order valence-electron chi connectivity index (χ2n) is 8.28. The lowest BCUT2D eigenvalue weighted by atomic mass is 10.0. The zero-order chi connectivity index (χ0) is 26.1. The Bertz CT molecular complexity index is 1200. The van der Waals surface area contributed by atoms with Gasteiger partial charge in [-0.3, -0.25) is 4.79 Å². The molecule has 3 aromatic carbocycles. The van der Waals surface area contributed by atoms with Gasteiger partial charge in [-0.05, 0) is 25.1 Å². The number of nitrogens with one attached hydrogen (secondary N) is 1. The van der Waals surface area contributed by atoms with Gasteiger partial charge in [-0.2, -0.15) is 0 Å². The summed E-state index contributed by atoms with van der Waals surface area (Å²) in [5.74, 6) is -0.557. The number of carbonyl (C=O) groups excluding carboxylic acids is 2. The van der Waals surface area contributed by atoms with Crippen molar-refractivity contribution >= 4 is 35.1 Å². The Balaban J connectivity index is 2.02. The number of ether oxygens (including phenoxy) is 3. The van der Waals surface area contributed by atoms with Crippen LogP contribution in [-0.4, -0.2) is 18.5 Å². The van der Waals surface area contributed by atoms with Crippen molar-refractivity contribution in [1.29, 1.82) is 0 Å². The van der Waals surface area contributed by atoms with Gasteiger partial charge < -0.3 is 19.5 Å². The Morgan fingerprint density at radius 1 is 0.833 bits per heavy atom. The zero-order valence-electron chi connectivity index (χ0n) is 20.4. The van der Waals surface area contributed by atoms with E-state index in [9.17, 15) is 9.59 Å². The Morgan fingerprint density at radius 2 is 1.42 bits per heavy atom. The van der Waals surface area contributed by atoms with Gasteiger partial charge in [-0.25, -0.2) is 4.79 Å². The molecule has 0 saturated carbocycles. The molecule has 0 aliphatic heterocycles. The summed E-state index contributed by atoms with van der Waals surface area (Å²) >= 11 is 12.6. The first-order valence-electron chi connectivity index (χ1n) is 11.6. The molecule has 1 atom stereocenters. The fourth-order valence-corrected chi connectivity index (χ4v) is 3.74. The molecule has 0 aliphatic carbocycles. The van der Waals surface area contributed by atoms with Crippen molar-refractivity contribution in [2.75, 3.05) is 6.61 Å². The normalized spacial score (nSPS) is 11.6. The molecule has 0 aromatic heterocycles. The van der Waals surface area contributed by atoms with Crippen molar-refractivity contribution in [2.24, 2.45) is 5.92 Å². The van der Waals surface area contributed by atoms with Crippen LogP contribution in [0, 0.1) is 5.92 Å². The summed E-state index contributed by atoms with van der Waals surface area (Å²) in [4.78, 5) is 25.5. The minimum atomic E-state index is -1.09. The maximum absolute atomic E-state index is 12.9. The van der Waals surface area contributed by atoms with Crippen LogP contribution < -0.4 is 14.8 Å². The Morgan fingerprint density at radius 3 is 1.97 bits per heavy atom. The van der Waals surface area contributed by atoms with E-state index in [2.05, 4.69) is 5.32 Å². The summed E-state index contributed by atoms with van der Waals surface area (Å²) in [7, 11) is 0. The molecule has 0 spiro atoms. The number of hydrogen-bond acceptors (Lipinski definition) is 5. The van der Waals surface area contributed by atoms with Crippen molar-refractivity contribution in [1.82, 2.24) is 5.32 Å². The molecule has 0 aliphatic rings. The summed E-state index contributed by atoms with van der Waals surface area (Å²) in [6.45, 7) is 5.65. The third-order valence-electron chi connectivity index (χ3n) is 5.32. The highest BCUT2D eigenvalue weighted by atomic mass is 35.5. The molecule has 3 rings (SSSR count). The maximum atomic E-state index is 12.9. The number of amides is 1. The van der Waals surface area contributed by atoms with Gasteiger partial charge in [0, 0.05) is 32.7 Å². The minimum absolute atomic E-state index is 0.118. The quantitative estimate of drug-likeness (QED) is 0.286. The Hall–Kier alpha value is -3.22. The molecule has 1 amide bonds. The predicted molar refractivity (Wildman–Crippen MR) is 140 cm³/mol. The number of halogens is 2. The Labute approximate surface area is 221 Å². The van der Waals surface area contributed by atoms with Crippen LogP contribution in [0.4, 0.5) is 0 Å². The second kappa shape index (κ2) is 13.2. The van der Waals surface area contributed by atoms with Gasteiger partial charge in [-0.1, -0.05) is 85.6 Å². The summed E-state index contributed by atoms with van der Waals surface area (Å²) < 4.78 is 17.6. The van der Waals surface area contributed by atoms with Gasteiger partial charge >= 0.3 is 5.97 Å². The van der Waals surface area contributed by atoms with Crippen molar-refractivity contribution in [2.45, 2.75) is 40.0 Å². The highest BCUT2D eigenvalue weighted by Crippen LogP contribution is 2.37. The SMILES string of the molecule is CCOC(=O)C(NC(=O)C(C)C)c1cccc(OCc2ccccc2Cl)c1OCc1ccccc1Cl. The van der Waals surface area contributed by atoms with E-state index in [0.717, 1.165) is 11.1 Å². The highest BCUT2D eigenvalue weighted by molar-refractivity contribution is 6.31. The third kappa shape index (κ3) is 7.15. The van der Waals surface area contributed by atoms with Gasteiger partial charge in [0.1, 0.15) is 13.2 Å². The molecule has 1 unspecified atom stereocenters. The lowest BCUT2D eigenvalue weighted by Crippen LogP contribution is -2.37. The molecule has 3 aromatic rings. The lowest BCUT2D eigenvalue weighted by molar-refractivity contribution is -0.148. The van der Waals surface area contributed by atoms with Crippen LogP contribution in [0.3, 0.4) is 0 Å². The van der Waals surface area contributed by atoms with Crippen LogP contribution in [0.15, 0.2) is 66.7 Å². The van der Waals surface area contributed by atoms with E-state index in [1.807, 2.05) is 36.4 Å². The van der Waals surface area contributed by atoms with Crippen LogP contribution in [-0.2, 0) is 27.5 Å². The number of esters is 1. The molecule has 0 radical (unpaired) electrons. The van der Waals surface area contributed by atoms with E-state index in [0.29, 0.717) is 27.1 Å². The molecule has 0 fully saturated rings. The summed E-state index contributed by atoms with van der Waals surface area (Å²) in [5.41, 5.74) is 1.95. The van der Waals surface area contributed by atoms with Crippen LogP contribution in [0.1, 0.15) is 43.5 Å². The number of para-hydroxylation sites is 1. The first-order chi connectivity index (χ1) is 17.3. The molecule has 36 heavy (non-hydrogen) atoms. The molecule has 8 heteroatoms. The van der Waals surface area contributed by atoms with Gasteiger partial charge in [0.15, 0.2) is 17.5 Å². The Kier molecular flexibility index (Phi) is 10.0. The van der Waals surface area contributed by atoms with Crippen molar-refractivity contribution in [3.05, 3.63) is 93.5 Å². The minimum Gasteiger partial charge on any atom is -0.485 e. The number of carbonyl (C=O) groups is 2. The van der Waals surface area contributed by atoms with Crippen LogP contribution in [0.5, 0.6) is 11.5 Å². The molecule has 0 heterocycles. The molecule has 6 nitrogen and oxygen atoms in total. The maximum Gasteiger partial charge on any atom is 0.333 e. The van der Waals surface area contributed by atoms with Crippen molar-refractivity contribution in [3.8, 4) is 11.5 Å². The van der Waals surface area contributed by atoms with E-state index >= 15 is 0 Å². The summed E-state index contributed by atoms with van der Waals surface area (Å²) in [6.07, 6.45) is 0. The first-order valence-corrected chi connectivity index (χ1v) is 12.4. The molecular weight excluding hydrogens is 501 g/mol. The monoisotopic (exact) mass is 529 g/mol. The number of hydrogen-bond donors (Lipinski definition) is 1. The van der Waals surface area contributed by atoms with E-state index in [1.54, 1.807) is 51.1 Å². The predicted octanol–water partition coefficient (Wildman–Crippen LogP) is 6.53. The van der Waals surface area contributed by atoms with Crippen LogP contribution in [0.2, 0.25) is 10.0 Å². The fraction of sp³-hybridized carbons (Fsp3) is 0.286. The van der Waals surface area contributed by atoms with E-state index in [-0.39, 0.29) is 31.6 Å². The van der Waals surface area contributed by atoms with Crippen molar-refractivity contribution < 1.29 is 23.8 Å². The number of benzene rings is 3. The topological polar surface area (TPSA) is 73.9 Å². The van der Waals surface area contributed by atoms with Gasteiger partial charge in [-0.15, -0.1) is 0 Å². The molecule has 0 saturated heterocycles. The van der Waals surface area contributed by atoms with Gasteiger partial charge in [0.25, 0.3) is 0 Å². The summed E-state index contributed by atoms with van der Waals surface area (Å²) in [6, 6.07) is 18.7. The third-order valence-corrected chi connectivity index (χ3v) is 6.06. The molecular formula is C28H29Cl2NO5. The van der Waals surface area contributed by atoms with E-state index < -0.39 is 12.0 Å². The summed E-state index contributed by atoms with van der Waals surface area (Å²) in [5, 5.41) is 3.90. The first kappa shape index (κ1) is 27.4. The van der Waals surface area contributed by atoms with E-state index in [1.165, 1.54) is 0 Å². The second-order valence-corrected chi connectivity index (χ2v) is 9.10. The lowest BCUT2D eigenvalue weighted by Gasteiger charge is -2.23. The van der Waals surface area contributed by atoms with Gasteiger partial charge in [0.05, 0.1) is 6.61 Å². The highest BCUT2D eigenvalue weighted by Gasteiger charge is 2.30. The largest absolute Gasteiger partial charge is 0.485 e. The average Bonchev–Trinajstić information content (AvgIpc) is 2.86. The molecule has 1 N–H and O–H groups in total. The average molecular weight is 530 g/mol. The van der Waals surface area contributed by atoms with Gasteiger partial charge in [0.2, 0.25) is 5.91 Å². The molecule has 190 valence electrons. The van der Waals surface area contributed by atoms with E-state index in [4.69, 9.17) is 37.4 Å².